The highest BCUT2D eigenvalue weighted by atomic mass is 16.7. The first kappa shape index (κ1) is 33.2. The fourth-order valence-corrected chi connectivity index (χ4v) is 5.84. The van der Waals surface area contributed by atoms with Crippen LogP contribution in [-0.2, 0) is 28.5 Å². The fourth-order valence-electron chi connectivity index (χ4n) is 5.84. The minimum atomic E-state index is -1.03. The number of nitrogens with zero attached hydrogens (tertiary/aromatic N) is 1. The first-order chi connectivity index (χ1) is 19.3. The van der Waals surface area contributed by atoms with Gasteiger partial charge in [0.05, 0.1) is 50.8 Å². The van der Waals surface area contributed by atoms with Gasteiger partial charge in [0.2, 0.25) is 11.8 Å². The van der Waals surface area contributed by atoms with Crippen molar-refractivity contribution in [3.05, 3.63) is 0 Å². The van der Waals surface area contributed by atoms with Gasteiger partial charge in [0.25, 0.3) is 0 Å². The van der Waals surface area contributed by atoms with E-state index in [4.69, 9.17) is 18.9 Å². The molecule has 0 aromatic heterocycles. The Kier molecular flexibility index (Phi) is 14.6. The summed E-state index contributed by atoms with van der Waals surface area (Å²) < 4.78 is 23.3. The van der Waals surface area contributed by atoms with E-state index >= 15 is 0 Å². The summed E-state index contributed by atoms with van der Waals surface area (Å²) in [5.74, 6) is 0.510. The number of ether oxygens (including phenoxy) is 4. The van der Waals surface area contributed by atoms with Gasteiger partial charge in [-0.1, -0.05) is 12.8 Å². The highest BCUT2D eigenvalue weighted by Gasteiger charge is 2.35. The minimum Gasteiger partial charge on any atom is -0.394 e. The van der Waals surface area contributed by atoms with Crippen LogP contribution < -0.4 is 5.32 Å². The Morgan fingerprint density at radius 1 is 1.05 bits per heavy atom. The number of hydrogen-bond donors (Lipinski definition) is 4. The maximum atomic E-state index is 13.0. The van der Waals surface area contributed by atoms with Gasteiger partial charge in [0.15, 0.2) is 6.29 Å². The van der Waals surface area contributed by atoms with Crippen molar-refractivity contribution in [2.24, 2.45) is 5.92 Å². The SMILES string of the molecule is CC(=O)N[C@@H](CO)C(OCCCCCC(=O)N1CCC[C@H]1COC1CCCC(C2CO2)CC1)OC(CO)[C@@H](C)O. The highest BCUT2D eigenvalue weighted by Crippen LogP contribution is 2.33. The molecule has 0 bridgehead atoms. The van der Waals surface area contributed by atoms with Gasteiger partial charge in [0.1, 0.15) is 12.1 Å². The molecule has 3 aliphatic rings. The van der Waals surface area contributed by atoms with Crippen LogP contribution in [-0.4, -0.2) is 114 Å². The summed E-state index contributed by atoms with van der Waals surface area (Å²) in [5.41, 5.74) is 0. The molecule has 3 fully saturated rings. The molecule has 8 atom stereocenters. The summed E-state index contributed by atoms with van der Waals surface area (Å²) in [6, 6.07) is -0.676. The average molecular weight is 573 g/mol. The topological polar surface area (TPSA) is 150 Å². The molecule has 232 valence electrons. The van der Waals surface area contributed by atoms with Crippen molar-refractivity contribution in [2.45, 2.75) is 127 Å². The third kappa shape index (κ3) is 11.2. The highest BCUT2D eigenvalue weighted by molar-refractivity contribution is 5.76. The van der Waals surface area contributed by atoms with Crippen molar-refractivity contribution in [2.75, 3.05) is 39.6 Å². The standard InChI is InChI=1S/C29H52N2O9/c1-20(34)26(17-33)40-29(25(16-32)30-21(2)35)37-15-5-3-4-11-28(36)31-14-7-9-23(31)18-38-24-10-6-8-22(12-13-24)27-19-39-27/h20,22-27,29,32-34H,3-19H2,1-2H3,(H,30,35)/t20-,22?,23+,24?,25+,26?,27?,29?/m1/s1. The van der Waals surface area contributed by atoms with E-state index in [0.29, 0.717) is 37.6 Å². The zero-order valence-corrected chi connectivity index (χ0v) is 24.4. The van der Waals surface area contributed by atoms with Crippen molar-refractivity contribution < 1.29 is 43.9 Å². The van der Waals surface area contributed by atoms with Gasteiger partial charge in [0, 0.05) is 26.5 Å². The molecule has 2 saturated heterocycles. The molecule has 0 aromatic carbocycles. The molecule has 0 aromatic rings. The molecule has 11 heteroatoms. The molecule has 40 heavy (non-hydrogen) atoms. The molecule has 1 saturated carbocycles. The largest absolute Gasteiger partial charge is 0.394 e. The smallest absolute Gasteiger partial charge is 0.222 e. The number of aliphatic hydroxyl groups excluding tert-OH is 3. The Balaban J connectivity index is 1.34. The summed E-state index contributed by atoms with van der Waals surface area (Å²) in [6.07, 6.45) is 8.29. The van der Waals surface area contributed by atoms with Crippen LogP contribution in [0.25, 0.3) is 0 Å². The van der Waals surface area contributed by atoms with Crippen molar-refractivity contribution in [1.29, 1.82) is 0 Å². The third-order valence-electron chi connectivity index (χ3n) is 8.33. The predicted molar refractivity (Wildman–Crippen MR) is 147 cm³/mol. The zero-order valence-electron chi connectivity index (χ0n) is 24.4. The average Bonchev–Trinajstić information content (AvgIpc) is 3.71. The lowest BCUT2D eigenvalue weighted by Crippen LogP contribution is -2.50. The molecule has 2 aliphatic heterocycles. The molecule has 2 heterocycles. The number of epoxide rings is 1. The number of carbonyl (C=O) groups excluding carboxylic acids is 2. The molecule has 0 radical (unpaired) electrons. The summed E-state index contributed by atoms with van der Waals surface area (Å²) in [5, 5.41) is 31.6. The van der Waals surface area contributed by atoms with Gasteiger partial charge in [-0.25, -0.2) is 0 Å². The number of amides is 2. The van der Waals surface area contributed by atoms with E-state index in [2.05, 4.69) is 5.32 Å². The van der Waals surface area contributed by atoms with Crippen molar-refractivity contribution in [3.8, 4) is 0 Å². The molecule has 3 rings (SSSR count). The van der Waals surface area contributed by atoms with E-state index in [0.717, 1.165) is 51.7 Å². The normalized spacial score (nSPS) is 28.0. The van der Waals surface area contributed by atoms with Gasteiger partial charge >= 0.3 is 0 Å². The molecule has 1 aliphatic carbocycles. The lowest BCUT2D eigenvalue weighted by molar-refractivity contribution is -0.214. The molecular weight excluding hydrogens is 520 g/mol. The number of likely N-dealkylation sites (tertiary alicyclic amines) is 1. The molecule has 4 N–H and O–H groups in total. The van der Waals surface area contributed by atoms with E-state index in [1.165, 1.54) is 33.1 Å². The van der Waals surface area contributed by atoms with Gasteiger partial charge in [-0.15, -0.1) is 0 Å². The van der Waals surface area contributed by atoms with Crippen LogP contribution in [0, 0.1) is 5.92 Å². The van der Waals surface area contributed by atoms with Crippen LogP contribution >= 0.6 is 0 Å². The lowest BCUT2D eigenvalue weighted by atomic mass is 9.97. The molecule has 0 spiro atoms. The summed E-state index contributed by atoms with van der Waals surface area (Å²) >= 11 is 0. The number of carbonyl (C=O) groups is 2. The summed E-state index contributed by atoms with van der Waals surface area (Å²) in [7, 11) is 0. The van der Waals surface area contributed by atoms with Gasteiger partial charge < -0.3 is 44.5 Å². The van der Waals surface area contributed by atoms with Gasteiger partial charge in [-0.3, -0.25) is 9.59 Å². The fraction of sp³-hybridized carbons (Fsp3) is 0.931. The van der Waals surface area contributed by atoms with E-state index in [9.17, 15) is 24.9 Å². The van der Waals surface area contributed by atoms with Crippen LogP contribution in [0.15, 0.2) is 0 Å². The van der Waals surface area contributed by atoms with E-state index < -0.39 is 37.8 Å². The molecule has 5 unspecified atom stereocenters. The van der Waals surface area contributed by atoms with Crippen molar-refractivity contribution in [1.82, 2.24) is 10.2 Å². The minimum absolute atomic E-state index is 0.164. The maximum Gasteiger partial charge on any atom is 0.222 e. The lowest BCUT2D eigenvalue weighted by Gasteiger charge is -2.30. The van der Waals surface area contributed by atoms with Crippen LogP contribution in [0.2, 0.25) is 0 Å². The third-order valence-corrected chi connectivity index (χ3v) is 8.33. The Labute approximate surface area is 238 Å². The Bertz CT molecular complexity index is 751. The van der Waals surface area contributed by atoms with E-state index in [1.807, 2.05) is 4.90 Å². The molecular formula is C29H52N2O9. The first-order valence-electron chi connectivity index (χ1n) is 15.3. The Morgan fingerprint density at radius 2 is 1.85 bits per heavy atom. The van der Waals surface area contributed by atoms with Crippen LogP contribution in [0.3, 0.4) is 0 Å². The monoisotopic (exact) mass is 572 g/mol. The Morgan fingerprint density at radius 3 is 2.52 bits per heavy atom. The van der Waals surface area contributed by atoms with E-state index in [-0.39, 0.29) is 24.5 Å². The van der Waals surface area contributed by atoms with Crippen LogP contribution in [0.1, 0.15) is 84.5 Å². The second-order valence-corrected chi connectivity index (χ2v) is 11.6. The van der Waals surface area contributed by atoms with Crippen molar-refractivity contribution >= 4 is 11.8 Å². The zero-order chi connectivity index (χ0) is 28.9. The van der Waals surface area contributed by atoms with E-state index in [1.54, 1.807) is 0 Å². The van der Waals surface area contributed by atoms with Crippen LogP contribution in [0.4, 0.5) is 0 Å². The second kappa shape index (κ2) is 17.6. The number of rotatable bonds is 18. The first-order valence-corrected chi connectivity index (χ1v) is 15.3. The summed E-state index contributed by atoms with van der Waals surface area (Å²) in [4.78, 5) is 26.5. The predicted octanol–water partition coefficient (Wildman–Crippen LogP) is 1.50. The second-order valence-electron chi connectivity index (χ2n) is 11.6. The van der Waals surface area contributed by atoms with Crippen LogP contribution in [0.5, 0.6) is 0 Å². The number of unbranched alkanes of at least 4 members (excludes halogenated alkanes) is 2. The number of hydrogen-bond acceptors (Lipinski definition) is 9. The quantitative estimate of drug-likeness (QED) is 0.0829. The molecule has 2 amide bonds. The van der Waals surface area contributed by atoms with Gasteiger partial charge in [-0.2, -0.15) is 0 Å². The molecule has 11 nitrogen and oxygen atoms in total. The maximum absolute atomic E-state index is 13.0. The summed E-state index contributed by atoms with van der Waals surface area (Å²) in [6.45, 7) is 4.57. The number of nitrogens with one attached hydrogen (secondary N) is 1. The number of aliphatic hydroxyl groups is 3. The van der Waals surface area contributed by atoms with Gasteiger partial charge in [-0.05, 0) is 64.2 Å². The Hall–Kier alpha value is -1.34. The van der Waals surface area contributed by atoms with Crippen molar-refractivity contribution in [3.63, 3.8) is 0 Å².